The van der Waals surface area contributed by atoms with Crippen molar-refractivity contribution in [1.29, 1.82) is 0 Å². The smallest absolute Gasteiger partial charge is 0.262 e. The van der Waals surface area contributed by atoms with Crippen LogP contribution in [0.2, 0.25) is 0 Å². The first-order valence-electron chi connectivity index (χ1n) is 11.4. The summed E-state index contributed by atoms with van der Waals surface area (Å²) in [4.78, 5) is 41.8. The fourth-order valence-electron chi connectivity index (χ4n) is 5.02. The molecule has 0 spiro atoms. The molecule has 5 nitrogen and oxygen atoms in total. The summed E-state index contributed by atoms with van der Waals surface area (Å²) in [5.41, 5.74) is 1.86. The van der Waals surface area contributed by atoms with Crippen molar-refractivity contribution in [2.75, 3.05) is 0 Å². The van der Waals surface area contributed by atoms with Crippen molar-refractivity contribution < 1.29 is 14.4 Å². The van der Waals surface area contributed by atoms with Gasteiger partial charge in [-0.1, -0.05) is 73.9 Å². The van der Waals surface area contributed by atoms with Crippen LogP contribution in [0.5, 0.6) is 0 Å². The lowest BCUT2D eigenvalue weighted by atomic mass is 9.91. The van der Waals surface area contributed by atoms with Crippen LogP contribution < -0.4 is 5.32 Å². The molecule has 1 aliphatic heterocycles. The Morgan fingerprint density at radius 2 is 1.47 bits per heavy atom. The molecule has 1 heterocycles. The average Bonchev–Trinajstić information content (AvgIpc) is 2.83. The largest absolute Gasteiger partial charge is 0.352 e. The van der Waals surface area contributed by atoms with Gasteiger partial charge in [-0.25, -0.2) is 0 Å². The van der Waals surface area contributed by atoms with E-state index in [1.807, 2.05) is 54.6 Å². The Hall–Kier alpha value is -3.47. The van der Waals surface area contributed by atoms with E-state index in [2.05, 4.69) is 5.32 Å². The molecule has 1 unspecified atom stereocenters. The van der Waals surface area contributed by atoms with E-state index >= 15 is 0 Å². The Morgan fingerprint density at radius 1 is 0.844 bits per heavy atom. The van der Waals surface area contributed by atoms with Gasteiger partial charge in [0.2, 0.25) is 5.91 Å². The highest BCUT2D eigenvalue weighted by molar-refractivity contribution is 6.26. The molecule has 3 amide bonds. The van der Waals surface area contributed by atoms with E-state index in [9.17, 15) is 14.4 Å². The number of amides is 3. The fourth-order valence-corrected chi connectivity index (χ4v) is 5.02. The first kappa shape index (κ1) is 20.4. The summed E-state index contributed by atoms with van der Waals surface area (Å²) in [6, 6.07) is 19.7. The number of hydrogen-bond donors (Lipinski definition) is 1. The van der Waals surface area contributed by atoms with E-state index < -0.39 is 17.9 Å². The van der Waals surface area contributed by atoms with Gasteiger partial charge >= 0.3 is 0 Å². The summed E-state index contributed by atoms with van der Waals surface area (Å²) in [6.45, 7) is 0. The topological polar surface area (TPSA) is 66.5 Å². The third-order valence-electron chi connectivity index (χ3n) is 6.64. The molecule has 0 radical (unpaired) electrons. The number of nitrogens with one attached hydrogen (secondary N) is 1. The minimum atomic E-state index is -0.900. The monoisotopic (exact) mass is 426 g/mol. The van der Waals surface area contributed by atoms with Gasteiger partial charge in [0.05, 0.1) is 0 Å². The van der Waals surface area contributed by atoms with E-state index in [0.29, 0.717) is 16.5 Å². The molecule has 1 atom stereocenters. The lowest BCUT2D eigenvalue weighted by Gasteiger charge is -2.34. The first-order chi connectivity index (χ1) is 15.6. The molecule has 0 aromatic heterocycles. The second-order valence-electron chi connectivity index (χ2n) is 8.74. The summed E-state index contributed by atoms with van der Waals surface area (Å²) in [5.74, 6) is -1.06. The highest BCUT2D eigenvalue weighted by Gasteiger charge is 2.41. The van der Waals surface area contributed by atoms with E-state index in [1.165, 1.54) is 11.3 Å². The molecule has 3 aromatic carbocycles. The maximum atomic E-state index is 13.6. The molecule has 0 bridgehead atoms. The minimum absolute atomic E-state index is 0.0974. The predicted molar refractivity (Wildman–Crippen MR) is 123 cm³/mol. The highest BCUT2D eigenvalue weighted by Crippen LogP contribution is 2.32. The van der Waals surface area contributed by atoms with Gasteiger partial charge in [0, 0.05) is 29.0 Å². The van der Waals surface area contributed by atoms with E-state index in [0.717, 1.165) is 36.6 Å². The van der Waals surface area contributed by atoms with Gasteiger partial charge in [0.25, 0.3) is 11.8 Å². The fraction of sp³-hybridized carbons (Fsp3) is 0.296. The van der Waals surface area contributed by atoms with Crippen LogP contribution in [0.15, 0.2) is 66.7 Å². The molecule has 5 rings (SSSR count). The van der Waals surface area contributed by atoms with E-state index in [1.54, 1.807) is 12.1 Å². The first-order valence-corrected chi connectivity index (χ1v) is 11.4. The summed E-state index contributed by atoms with van der Waals surface area (Å²) < 4.78 is 0. The summed E-state index contributed by atoms with van der Waals surface area (Å²) >= 11 is 0. The van der Waals surface area contributed by atoms with Crippen molar-refractivity contribution >= 4 is 28.5 Å². The molecule has 162 valence electrons. The van der Waals surface area contributed by atoms with Crippen molar-refractivity contribution in [1.82, 2.24) is 10.2 Å². The second kappa shape index (κ2) is 8.58. The Labute approximate surface area is 187 Å². The van der Waals surface area contributed by atoms with Crippen molar-refractivity contribution in [2.45, 2.75) is 50.6 Å². The quantitative estimate of drug-likeness (QED) is 0.611. The molecule has 1 fully saturated rings. The Kier molecular flexibility index (Phi) is 5.48. The van der Waals surface area contributed by atoms with Crippen molar-refractivity contribution in [3.05, 3.63) is 83.4 Å². The predicted octanol–water partition coefficient (Wildman–Crippen LogP) is 4.50. The number of carbonyl (C=O) groups is 3. The van der Waals surface area contributed by atoms with Crippen molar-refractivity contribution in [3.63, 3.8) is 0 Å². The molecule has 3 aromatic rings. The third kappa shape index (κ3) is 3.68. The molecule has 1 saturated carbocycles. The Morgan fingerprint density at radius 3 is 2.09 bits per heavy atom. The van der Waals surface area contributed by atoms with Crippen LogP contribution in [0, 0.1) is 0 Å². The Bertz CT molecular complexity index is 1130. The number of rotatable bonds is 5. The second-order valence-corrected chi connectivity index (χ2v) is 8.74. The standard InChI is InChI=1S/C27H26N2O3/c30-25(28-20-13-5-2-6-14-20)23(17-18-9-3-1-4-10-18)29-26(31)21-15-7-11-19-12-8-16-22(24(19)21)27(29)32/h1,3-4,7-12,15-16,20,23H,2,5-6,13-14,17H2,(H,28,30). The van der Waals surface area contributed by atoms with Crippen LogP contribution in [-0.2, 0) is 11.2 Å². The third-order valence-corrected chi connectivity index (χ3v) is 6.64. The molecule has 1 N–H and O–H groups in total. The van der Waals surface area contributed by atoms with Gasteiger partial charge in [0.1, 0.15) is 6.04 Å². The van der Waals surface area contributed by atoms with Crippen LogP contribution >= 0.6 is 0 Å². The minimum Gasteiger partial charge on any atom is -0.352 e. The highest BCUT2D eigenvalue weighted by atomic mass is 16.2. The van der Waals surface area contributed by atoms with Gasteiger partial charge < -0.3 is 5.32 Å². The van der Waals surface area contributed by atoms with Crippen molar-refractivity contribution in [2.24, 2.45) is 0 Å². The van der Waals surface area contributed by atoms with Gasteiger partial charge in [-0.3, -0.25) is 19.3 Å². The van der Waals surface area contributed by atoms with Gasteiger partial charge in [-0.05, 0) is 35.9 Å². The average molecular weight is 427 g/mol. The number of carbonyl (C=O) groups excluding carboxylic acids is 3. The molecular formula is C27H26N2O3. The summed E-state index contributed by atoms with van der Waals surface area (Å²) in [5, 5.41) is 4.67. The SMILES string of the molecule is O=C(NC1CCCCC1)C(Cc1ccccc1)N1C(=O)c2cccc3cccc(c23)C1=O. The van der Waals surface area contributed by atoms with Crippen LogP contribution in [0.4, 0.5) is 0 Å². The van der Waals surface area contributed by atoms with E-state index in [4.69, 9.17) is 0 Å². The zero-order chi connectivity index (χ0) is 22.1. The molecule has 1 aliphatic carbocycles. The van der Waals surface area contributed by atoms with Crippen LogP contribution in [0.1, 0.15) is 58.4 Å². The lowest BCUT2D eigenvalue weighted by molar-refractivity contribution is -0.126. The van der Waals surface area contributed by atoms with Crippen molar-refractivity contribution in [3.8, 4) is 0 Å². The number of imide groups is 1. The summed E-state index contributed by atoms with van der Waals surface area (Å²) in [7, 11) is 0. The maximum Gasteiger partial charge on any atom is 0.262 e. The molecule has 2 aliphatic rings. The lowest BCUT2D eigenvalue weighted by Crippen LogP contribution is -2.56. The number of hydrogen-bond acceptors (Lipinski definition) is 3. The zero-order valence-corrected chi connectivity index (χ0v) is 17.9. The number of benzene rings is 3. The van der Waals surface area contributed by atoms with Gasteiger partial charge in [-0.15, -0.1) is 0 Å². The molecule has 0 saturated heterocycles. The Balaban J connectivity index is 1.53. The van der Waals surface area contributed by atoms with Gasteiger partial charge in [-0.2, -0.15) is 0 Å². The van der Waals surface area contributed by atoms with Crippen LogP contribution in [-0.4, -0.2) is 34.7 Å². The zero-order valence-electron chi connectivity index (χ0n) is 17.9. The summed E-state index contributed by atoms with van der Waals surface area (Å²) in [6.07, 6.45) is 5.52. The molecule has 5 heteroatoms. The van der Waals surface area contributed by atoms with E-state index in [-0.39, 0.29) is 18.4 Å². The van der Waals surface area contributed by atoms with Gasteiger partial charge in [0.15, 0.2) is 0 Å². The normalized spacial score (nSPS) is 17.4. The number of nitrogens with zero attached hydrogens (tertiary/aromatic N) is 1. The maximum absolute atomic E-state index is 13.6. The molecular weight excluding hydrogens is 400 g/mol. The molecule has 32 heavy (non-hydrogen) atoms. The van der Waals surface area contributed by atoms with Crippen LogP contribution in [0.3, 0.4) is 0 Å². The van der Waals surface area contributed by atoms with Crippen LogP contribution in [0.25, 0.3) is 10.8 Å².